The van der Waals surface area contributed by atoms with E-state index in [1.807, 2.05) is 0 Å². The number of hydrogen-bond acceptors (Lipinski definition) is 1. The Bertz CT molecular complexity index is 336. The van der Waals surface area contributed by atoms with Crippen molar-refractivity contribution in [2.45, 2.75) is 4.33 Å². The fourth-order valence-corrected chi connectivity index (χ4v) is 1.53. The van der Waals surface area contributed by atoms with Gasteiger partial charge in [0.1, 0.15) is 0 Å². The van der Waals surface area contributed by atoms with Crippen LogP contribution >= 0.6 is 34.8 Å². The van der Waals surface area contributed by atoms with Crippen LogP contribution in [0.5, 0.6) is 0 Å². The highest BCUT2D eigenvalue weighted by molar-refractivity contribution is 6.57. The van der Waals surface area contributed by atoms with Gasteiger partial charge in [0, 0.05) is 10.6 Å². The first-order valence-electron chi connectivity index (χ1n) is 3.32. The van der Waals surface area contributed by atoms with Crippen molar-refractivity contribution in [3.63, 3.8) is 0 Å². The number of halogens is 3. The molecular weight excluding hydrogens is 234 g/mol. The van der Waals surface area contributed by atoms with E-state index in [1.54, 1.807) is 12.1 Å². The van der Waals surface area contributed by atoms with Gasteiger partial charge in [-0.25, -0.2) is 4.79 Å². The first kappa shape index (κ1) is 10.6. The maximum Gasteiger partial charge on any atom is 0.344 e. The van der Waals surface area contributed by atoms with Gasteiger partial charge in [-0.05, 0) is 6.07 Å². The lowest BCUT2D eigenvalue weighted by atomic mass is 10.1. The summed E-state index contributed by atoms with van der Waals surface area (Å²) in [5.41, 5.74) is 0.174. The van der Waals surface area contributed by atoms with Crippen LogP contribution in [-0.2, 0) is 9.13 Å². The Kier molecular flexibility index (Phi) is 3.06. The second-order valence-electron chi connectivity index (χ2n) is 2.36. The molecule has 0 atom stereocenters. The average molecular weight is 239 g/mol. The third-order valence-electron chi connectivity index (χ3n) is 1.48. The molecule has 1 rings (SSSR count). The summed E-state index contributed by atoms with van der Waals surface area (Å²) in [5, 5.41) is 8.93. The zero-order valence-corrected chi connectivity index (χ0v) is 8.57. The van der Waals surface area contributed by atoms with Crippen LogP contribution in [0, 0.1) is 0 Å². The molecule has 0 spiro atoms. The largest absolute Gasteiger partial charge is 0.479 e. The molecule has 1 N–H and O–H groups in total. The molecule has 0 aromatic heterocycles. The van der Waals surface area contributed by atoms with Gasteiger partial charge in [0.05, 0.1) is 0 Å². The summed E-state index contributed by atoms with van der Waals surface area (Å²) in [6.45, 7) is 0. The summed E-state index contributed by atoms with van der Waals surface area (Å²) in [4.78, 5) is 10.7. The minimum Gasteiger partial charge on any atom is -0.479 e. The molecule has 0 aliphatic rings. The van der Waals surface area contributed by atoms with Crippen molar-refractivity contribution in [3.05, 3.63) is 34.9 Å². The molecule has 0 amide bonds. The van der Waals surface area contributed by atoms with Gasteiger partial charge in [0.2, 0.25) is 4.33 Å². The highest BCUT2D eigenvalue weighted by Gasteiger charge is 2.37. The Morgan fingerprint density at radius 2 is 1.85 bits per heavy atom. The minimum absolute atomic E-state index is 0.174. The van der Waals surface area contributed by atoms with E-state index in [2.05, 4.69) is 0 Å². The normalized spacial score (nSPS) is 11.3. The molecule has 13 heavy (non-hydrogen) atoms. The lowest BCUT2D eigenvalue weighted by molar-refractivity contribution is -0.138. The van der Waals surface area contributed by atoms with E-state index < -0.39 is 10.3 Å². The third-order valence-corrected chi connectivity index (χ3v) is 2.54. The number of aliphatic carboxylic acids is 1. The maximum atomic E-state index is 10.7. The van der Waals surface area contributed by atoms with E-state index in [1.165, 1.54) is 12.1 Å². The van der Waals surface area contributed by atoms with Crippen LogP contribution in [0.2, 0.25) is 5.02 Å². The lowest BCUT2D eigenvalue weighted by Crippen LogP contribution is -2.23. The Morgan fingerprint density at radius 3 is 2.31 bits per heavy atom. The molecule has 0 aliphatic carbocycles. The molecule has 0 aliphatic heterocycles. The first-order valence-corrected chi connectivity index (χ1v) is 4.46. The van der Waals surface area contributed by atoms with E-state index in [9.17, 15) is 4.79 Å². The van der Waals surface area contributed by atoms with Crippen LogP contribution in [0.1, 0.15) is 5.56 Å². The topological polar surface area (TPSA) is 37.3 Å². The van der Waals surface area contributed by atoms with Crippen molar-refractivity contribution < 1.29 is 9.90 Å². The van der Waals surface area contributed by atoms with Crippen LogP contribution in [0.3, 0.4) is 0 Å². The summed E-state index contributed by atoms with van der Waals surface area (Å²) >= 11 is 16.9. The van der Waals surface area contributed by atoms with Crippen LogP contribution in [0.15, 0.2) is 24.3 Å². The second kappa shape index (κ2) is 3.74. The molecule has 0 heterocycles. The van der Waals surface area contributed by atoms with Crippen LogP contribution in [0.4, 0.5) is 0 Å². The van der Waals surface area contributed by atoms with E-state index in [4.69, 9.17) is 39.9 Å². The van der Waals surface area contributed by atoms with E-state index >= 15 is 0 Å². The number of carboxylic acids is 1. The standard InChI is InChI=1S/C8H5Cl3O2/c9-6-4-2-1-3-5(6)8(10,11)7(12)13/h1-4H,(H,12,13). The minimum atomic E-state index is -1.99. The summed E-state index contributed by atoms with van der Waals surface area (Å²) in [6, 6.07) is 6.27. The van der Waals surface area contributed by atoms with Crippen LogP contribution in [0.25, 0.3) is 0 Å². The van der Waals surface area contributed by atoms with Gasteiger partial charge in [-0.3, -0.25) is 0 Å². The molecule has 0 saturated heterocycles. The number of benzene rings is 1. The zero-order valence-electron chi connectivity index (χ0n) is 6.30. The molecule has 1 aromatic carbocycles. The molecule has 0 saturated carbocycles. The number of carboxylic acid groups (broad SMARTS) is 1. The van der Waals surface area contributed by atoms with E-state index in [0.717, 1.165) is 0 Å². The van der Waals surface area contributed by atoms with Crippen molar-refractivity contribution >= 4 is 40.8 Å². The fourth-order valence-electron chi connectivity index (χ4n) is 0.831. The molecule has 1 aromatic rings. The number of hydrogen-bond donors (Lipinski definition) is 1. The van der Waals surface area contributed by atoms with E-state index in [0.29, 0.717) is 0 Å². The molecule has 0 fully saturated rings. The Hall–Kier alpha value is -0.440. The van der Waals surface area contributed by atoms with Gasteiger partial charge < -0.3 is 5.11 Å². The fraction of sp³-hybridized carbons (Fsp3) is 0.125. The third kappa shape index (κ3) is 2.08. The monoisotopic (exact) mass is 238 g/mol. The number of carbonyl (C=O) groups is 1. The van der Waals surface area contributed by atoms with Crippen molar-refractivity contribution in [1.82, 2.24) is 0 Å². The lowest BCUT2D eigenvalue weighted by Gasteiger charge is -2.15. The molecule has 5 heteroatoms. The molecule has 70 valence electrons. The first-order chi connectivity index (χ1) is 5.96. The summed E-state index contributed by atoms with van der Waals surface area (Å²) in [7, 11) is 0. The number of alkyl halides is 2. The molecule has 0 bridgehead atoms. The van der Waals surface area contributed by atoms with Crippen LogP contribution < -0.4 is 0 Å². The Morgan fingerprint density at radius 1 is 1.31 bits per heavy atom. The van der Waals surface area contributed by atoms with Crippen molar-refractivity contribution in [2.24, 2.45) is 0 Å². The smallest absolute Gasteiger partial charge is 0.344 e. The summed E-state index contributed by atoms with van der Waals surface area (Å²) in [5.74, 6) is -1.34. The van der Waals surface area contributed by atoms with Gasteiger partial charge in [-0.1, -0.05) is 53.0 Å². The predicted octanol–water partition coefficient (Wildman–Crippen LogP) is 3.06. The quantitative estimate of drug-likeness (QED) is 0.806. The van der Waals surface area contributed by atoms with E-state index in [-0.39, 0.29) is 10.6 Å². The Labute approximate surface area is 90.0 Å². The van der Waals surface area contributed by atoms with Gasteiger partial charge >= 0.3 is 5.97 Å². The summed E-state index contributed by atoms with van der Waals surface area (Å²) < 4.78 is -1.99. The highest BCUT2D eigenvalue weighted by atomic mass is 35.5. The Balaban J connectivity index is 3.22. The summed E-state index contributed by atoms with van der Waals surface area (Å²) in [6.07, 6.45) is 0. The van der Waals surface area contributed by atoms with Crippen molar-refractivity contribution in [2.75, 3.05) is 0 Å². The van der Waals surface area contributed by atoms with Gasteiger partial charge in [0.15, 0.2) is 0 Å². The average Bonchev–Trinajstić information content (AvgIpc) is 2.04. The molecule has 0 unspecified atom stereocenters. The maximum absolute atomic E-state index is 10.7. The molecular formula is C8H5Cl3O2. The van der Waals surface area contributed by atoms with Crippen molar-refractivity contribution in [1.29, 1.82) is 0 Å². The van der Waals surface area contributed by atoms with Crippen molar-refractivity contribution in [3.8, 4) is 0 Å². The zero-order chi connectivity index (χ0) is 10.1. The second-order valence-corrected chi connectivity index (χ2v) is 4.09. The van der Waals surface area contributed by atoms with Gasteiger partial charge in [0.25, 0.3) is 0 Å². The molecule has 2 nitrogen and oxygen atoms in total. The van der Waals surface area contributed by atoms with Gasteiger partial charge in [-0.2, -0.15) is 0 Å². The molecule has 0 radical (unpaired) electrons. The SMILES string of the molecule is O=C(O)C(Cl)(Cl)c1ccccc1Cl. The predicted molar refractivity (Wildman–Crippen MR) is 52.5 cm³/mol. The highest BCUT2D eigenvalue weighted by Crippen LogP contribution is 2.37. The number of rotatable bonds is 2. The van der Waals surface area contributed by atoms with Gasteiger partial charge in [-0.15, -0.1) is 0 Å². The van der Waals surface area contributed by atoms with Crippen LogP contribution in [-0.4, -0.2) is 11.1 Å².